The Morgan fingerprint density at radius 2 is 1.85 bits per heavy atom. The van der Waals surface area contributed by atoms with Crippen LogP contribution in [0.25, 0.3) is 0 Å². The van der Waals surface area contributed by atoms with Crippen LogP contribution in [0.5, 0.6) is 11.5 Å². The van der Waals surface area contributed by atoms with Gasteiger partial charge in [-0.25, -0.2) is 9.07 Å². The number of hydrogen-bond donors (Lipinski definition) is 0. The number of halogens is 4. The van der Waals surface area contributed by atoms with E-state index in [9.17, 15) is 27.2 Å². The summed E-state index contributed by atoms with van der Waals surface area (Å²) in [5, 5.41) is 4.29. The van der Waals surface area contributed by atoms with Crippen molar-refractivity contribution < 1.29 is 36.6 Å². The van der Waals surface area contributed by atoms with Gasteiger partial charge in [0.05, 0.1) is 26.8 Å². The highest BCUT2D eigenvalue weighted by Gasteiger charge is 2.39. The summed E-state index contributed by atoms with van der Waals surface area (Å²) in [6, 6.07) is 12.6. The molecule has 1 saturated heterocycles. The van der Waals surface area contributed by atoms with Gasteiger partial charge in [0.25, 0.3) is 5.56 Å². The number of benzene rings is 2. The summed E-state index contributed by atoms with van der Waals surface area (Å²) in [5.74, 6) is -0.569. The van der Waals surface area contributed by atoms with Crippen molar-refractivity contribution in [1.29, 1.82) is 0 Å². The van der Waals surface area contributed by atoms with Crippen molar-refractivity contribution in [3.63, 3.8) is 0 Å². The second-order valence-corrected chi connectivity index (χ2v) is 9.28. The number of carbonyl (C=O) groups excluding carboxylic acids is 1. The Labute approximate surface area is 228 Å². The number of esters is 1. The molecule has 4 rings (SSSR count). The van der Waals surface area contributed by atoms with Gasteiger partial charge in [-0.2, -0.15) is 18.3 Å². The number of aromatic nitrogens is 2. The number of carbonyl (C=O) groups is 1. The number of alkyl halides is 3. The van der Waals surface area contributed by atoms with E-state index in [1.165, 1.54) is 25.3 Å². The van der Waals surface area contributed by atoms with E-state index in [1.807, 2.05) is 0 Å². The van der Waals surface area contributed by atoms with Gasteiger partial charge in [-0.05, 0) is 43.2 Å². The van der Waals surface area contributed by atoms with Crippen LogP contribution in [-0.4, -0.2) is 48.2 Å². The van der Waals surface area contributed by atoms with Crippen LogP contribution in [0.4, 0.5) is 23.4 Å². The molecule has 2 heterocycles. The maximum Gasteiger partial charge on any atom is 0.421 e. The molecule has 8 nitrogen and oxygen atoms in total. The number of hydrogen-bond acceptors (Lipinski definition) is 7. The molecule has 0 amide bonds. The Hall–Kier alpha value is -4.09. The molecule has 12 heteroatoms. The van der Waals surface area contributed by atoms with Crippen molar-refractivity contribution in [2.75, 3.05) is 25.2 Å². The highest BCUT2D eigenvalue weighted by Crippen LogP contribution is 2.33. The van der Waals surface area contributed by atoms with E-state index in [0.29, 0.717) is 11.3 Å². The predicted molar refractivity (Wildman–Crippen MR) is 138 cm³/mol. The van der Waals surface area contributed by atoms with Crippen molar-refractivity contribution in [2.24, 2.45) is 0 Å². The molecule has 40 heavy (non-hydrogen) atoms. The van der Waals surface area contributed by atoms with Gasteiger partial charge < -0.3 is 19.1 Å². The van der Waals surface area contributed by atoms with E-state index in [0.717, 1.165) is 10.7 Å². The molecule has 0 bridgehead atoms. The van der Waals surface area contributed by atoms with Gasteiger partial charge in [0.2, 0.25) is 0 Å². The Balaban J connectivity index is 1.69. The zero-order valence-corrected chi connectivity index (χ0v) is 22.0. The molecular weight excluding hydrogens is 534 g/mol. The van der Waals surface area contributed by atoms with Crippen molar-refractivity contribution in [2.45, 2.75) is 51.1 Å². The molecule has 1 fully saturated rings. The molecule has 0 spiro atoms. The van der Waals surface area contributed by atoms with Crippen molar-refractivity contribution in [1.82, 2.24) is 9.78 Å². The van der Waals surface area contributed by atoms with Gasteiger partial charge in [-0.15, -0.1) is 0 Å². The fourth-order valence-corrected chi connectivity index (χ4v) is 4.63. The summed E-state index contributed by atoms with van der Waals surface area (Å²) in [4.78, 5) is 26.5. The largest absolute Gasteiger partial charge is 0.497 e. The van der Waals surface area contributed by atoms with Crippen LogP contribution in [0.3, 0.4) is 0 Å². The van der Waals surface area contributed by atoms with E-state index in [1.54, 1.807) is 42.2 Å². The summed E-state index contributed by atoms with van der Waals surface area (Å²) in [7, 11) is 1.48. The lowest BCUT2D eigenvalue weighted by molar-refractivity contribution is -0.143. The van der Waals surface area contributed by atoms with Crippen LogP contribution in [0, 0.1) is 5.82 Å². The van der Waals surface area contributed by atoms with Crippen LogP contribution in [0.15, 0.2) is 59.4 Å². The smallest absolute Gasteiger partial charge is 0.421 e. The molecule has 0 aliphatic carbocycles. The third-order valence-electron chi connectivity index (χ3n) is 6.55. The molecule has 2 aromatic carbocycles. The molecule has 1 aliphatic rings. The number of rotatable bonds is 10. The van der Waals surface area contributed by atoms with Crippen molar-refractivity contribution in [3.05, 3.63) is 81.9 Å². The second-order valence-electron chi connectivity index (χ2n) is 9.28. The average Bonchev–Trinajstić information content (AvgIpc) is 3.32. The average molecular weight is 564 g/mol. The lowest BCUT2D eigenvalue weighted by Gasteiger charge is -2.26. The van der Waals surface area contributed by atoms with Crippen LogP contribution in [0.1, 0.15) is 37.3 Å². The van der Waals surface area contributed by atoms with Gasteiger partial charge in [-0.3, -0.25) is 9.59 Å². The first kappa shape index (κ1) is 28.9. The molecule has 1 aliphatic heterocycles. The Kier molecular flexibility index (Phi) is 8.96. The van der Waals surface area contributed by atoms with Crippen LogP contribution < -0.4 is 19.9 Å². The maximum absolute atomic E-state index is 14.3. The molecule has 0 radical (unpaired) electrons. The van der Waals surface area contributed by atoms with Gasteiger partial charge in [-0.1, -0.05) is 24.3 Å². The quantitative estimate of drug-likeness (QED) is 0.258. The van der Waals surface area contributed by atoms with E-state index in [-0.39, 0.29) is 50.5 Å². The Morgan fingerprint density at radius 1 is 1.12 bits per heavy atom. The normalized spacial score (nSPS) is 17.1. The first-order valence-corrected chi connectivity index (χ1v) is 12.7. The van der Waals surface area contributed by atoms with Crippen molar-refractivity contribution in [3.8, 4) is 11.5 Å². The van der Waals surface area contributed by atoms with Crippen molar-refractivity contribution >= 4 is 11.8 Å². The fraction of sp³-hybridized carbons (Fsp3) is 0.393. The molecule has 0 unspecified atom stereocenters. The summed E-state index contributed by atoms with van der Waals surface area (Å²) in [5.41, 5.74) is -2.11. The van der Waals surface area contributed by atoms with E-state index < -0.39 is 41.2 Å². The monoisotopic (exact) mass is 563 g/mol. The first-order chi connectivity index (χ1) is 19.1. The molecule has 1 aromatic heterocycles. The van der Waals surface area contributed by atoms with Gasteiger partial charge in [0.15, 0.2) is 11.6 Å². The molecule has 0 N–H and O–H groups in total. The predicted octanol–water partition coefficient (Wildman–Crippen LogP) is 4.83. The van der Waals surface area contributed by atoms with E-state index in [2.05, 4.69) is 5.10 Å². The topological polar surface area (TPSA) is 82.9 Å². The first-order valence-electron chi connectivity index (χ1n) is 12.7. The summed E-state index contributed by atoms with van der Waals surface area (Å²) >= 11 is 0. The van der Waals surface area contributed by atoms with Crippen LogP contribution >= 0.6 is 0 Å². The Morgan fingerprint density at radius 3 is 2.50 bits per heavy atom. The number of methoxy groups -OCH3 is 1. The third kappa shape index (κ3) is 6.91. The lowest BCUT2D eigenvalue weighted by atomic mass is 10.1. The van der Waals surface area contributed by atoms with Gasteiger partial charge in [0, 0.05) is 24.9 Å². The fourth-order valence-electron chi connectivity index (χ4n) is 4.63. The second kappa shape index (κ2) is 12.4. The van der Waals surface area contributed by atoms with Gasteiger partial charge >= 0.3 is 12.1 Å². The van der Waals surface area contributed by atoms with E-state index in [4.69, 9.17) is 14.2 Å². The number of para-hydroxylation sites is 1. The molecule has 2 atom stereocenters. The zero-order valence-electron chi connectivity index (χ0n) is 22.0. The summed E-state index contributed by atoms with van der Waals surface area (Å²) in [6.07, 6.45) is -5.01. The van der Waals surface area contributed by atoms with Gasteiger partial charge in [0.1, 0.15) is 23.2 Å². The number of ether oxygens (including phenoxy) is 3. The lowest BCUT2D eigenvalue weighted by Crippen LogP contribution is -2.37. The summed E-state index contributed by atoms with van der Waals surface area (Å²) in [6.45, 7) is 1.72. The number of nitrogens with zero attached hydrogens (tertiary/aromatic N) is 3. The Bertz CT molecular complexity index is 1380. The third-order valence-corrected chi connectivity index (χ3v) is 6.55. The zero-order chi connectivity index (χ0) is 28.9. The summed E-state index contributed by atoms with van der Waals surface area (Å²) < 4.78 is 72.9. The minimum Gasteiger partial charge on any atom is -0.497 e. The molecular formula is C28H29F4N3O5. The van der Waals surface area contributed by atoms with Crippen LogP contribution in [0.2, 0.25) is 0 Å². The van der Waals surface area contributed by atoms with E-state index >= 15 is 0 Å². The van der Waals surface area contributed by atoms with Crippen LogP contribution in [-0.2, 0) is 22.3 Å². The molecule has 0 saturated carbocycles. The highest BCUT2D eigenvalue weighted by atomic mass is 19.4. The molecule has 3 aromatic rings. The standard InChI is InChI=1S/C28H29F4N3O5/c1-3-39-26(36)13-10-19-14-21(40-24-7-5-4-6-23(24)29)17-34(19)25-15-22(28(30,31)32)27(37)35(33-25)16-18-8-11-20(38-2)12-9-18/h4-9,11-12,15,19,21H,3,10,13-14,16-17H2,1-2H3/t19-,21+/m1/s1. The highest BCUT2D eigenvalue weighted by molar-refractivity contribution is 5.69. The maximum atomic E-state index is 14.3. The number of anilines is 1. The molecule has 214 valence electrons. The SMILES string of the molecule is CCOC(=O)CC[C@@H]1C[C@H](Oc2ccccc2F)CN1c1cc(C(F)(F)F)c(=O)n(Cc2ccc(OC)cc2)n1. The minimum absolute atomic E-state index is 0.00640. The minimum atomic E-state index is -4.93.